The number of rotatable bonds is 9. The van der Waals surface area contributed by atoms with E-state index in [1.54, 1.807) is 0 Å². The Hall–Kier alpha value is -0.120. The number of aliphatic hydroxyl groups is 1. The van der Waals surface area contributed by atoms with Crippen molar-refractivity contribution in [3.05, 3.63) is 0 Å². The van der Waals surface area contributed by atoms with E-state index in [-0.39, 0.29) is 6.61 Å². The molecule has 0 aromatic rings. The summed E-state index contributed by atoms with van der Waals surface area (Å²) in [5.74, 6) is 1.69. The van der Waals surface area contributed by atoms with Crippen LogP contribution in [0, 0.1) is 11.8 Å². The highest BCUT2D eigenvalue weighted by molar-refractivity contribution is 4.80. The van der Waals surface area contributed by atoms with Gasteiger partial charge in [0, 0.05) is 19.8 Å². The van der Waals surface area contributed by atoms with Gasteiger partial charge in [-0.3, -0.25) is 0 Å². The molecule has 1 unspecified atom stereocenters. The minimum atomic E-state index is 0.137. The first-order chi connectivity index (χ1) is 7.38. The van der Waals surface area contributed by atoms with Gasteiger partial charge < -0.3 is 14.6 Å². The van der Waals surface area contributed by atoms with E-state index >= 15 is 0 Å². The molecule has 0 spiro atoms. The summed E-state index contributed by atoms with van der Waals surface area (Å²) in [7, 11) is 0. The number of hydrogen-bond donors (Lipinski definition) is 1. The molecule has 3 heteroatoms. The zero-order chi connectivity index (χ0) is 10.9. The van der Waals surface area contributed by atoms with Crippen LogP contribution in [0.3, 0.4) is 0 Å². The molecular formula is C12H24O3. The third kappa shape index (κ3) is 4.96. The van der Waals surface area contributed by atoms with Crippen molar-refractivity contribution >= 4 is 0 Å². The Morgan fingerprint density at radius 2 is 1.60 bits per heavy atom. The molecule has 0 aromatic heterocycles. The van der Waals surface area contributed by atoms with Gasteiger partial charge in [-0.1, -0.05) is 0 Å². The van der Waals surface area contributed by atoms with Crippen LogP contribution in [-0.2, 0) is 9.47 Å². The van der Waals surface area contributed by atoms with Gasteiger partial charge in [-0.15, -0.1) is 0 Å². The van der Waals surface area contributed by atoms with Crippen molar-refractivity contribution in [2.75, 3.05) is 33.0 Å². The molecule has 0 heterocycles. The fraction of sp³-hybridized carbons (Fsp3) is 1.00. The van der Waals surface area contributed by atoms with Gasteiger partial charge in [-0.2, -0.15) is 0 Å². The average Bonchev–Trinajstić information content (AvgIpc) is 2.22. The van der Waals surface area contributed by atoms with Crippen molar-refractivity contribution in [2.24, 2.45) is 11.8 Å². The highest BCUT2D eigenvalue weighted by Crippen LogP contribution is 2.38. The Balaban J connectivity index is 1.95. The van der Waals surface area contributed by atoms with E-state index in [1.807, 2.05) is 6.92 Å². The van der Waals surface area contributed by atoms with E-state index in [9.17, 15) is 0 Å². The largest absolute Gasteiger partial charge is 0.394 e. The van der Waals surface area contributed by atoms with E-state index in [2.05, 4.69) is 0 Å². The molecule has 0 saturated heterocycles. The highest BCUT2D eigenvalue weighted by Gasteiger charge is 2.29. The van der Waals surface area contributed by atoms with Crippen molar-refractivity contribution in [3.8, 4) is 0 Å². The zero-order valence-corrected chi connectivity index (χ0v) is 9.78. The second-order valence-electron chi connectivity index (χ2n) is 4.21. The molecule has 1 aliphatic rings. The molecule has 1 saturated carbocycles. The summed E-state index contributed by atoms with van der Waals surface area (Å²) in [5.41, 5.74) is 0. The van der Waals surface area contributed by atoms with Gasteiger partial charge in [0.1, 0.15) is 0 Å². The summed E-state index contributed by atoms with van der Waals surface area (Å²) in [5, 5.41) is 8.56. The van der Waals surface area contributed by atoms with Crippen LogP contribution < -0.4 is 0 Å². The average molecular weight is 216 g/mol. The Morgan fingerprint density at radius 1 is 1.00 bits per heavy atom. The van der Waals surface area contributed by atoms with Gasteiger partial charge in [0.25, 0.3) is 0 Å². The predicted octanol–water partition coefficient (Wildman–Crippen LogP) is 1.84. The second kappa shape index (κ2) is 8.08. The number of hydrogen-bond acceptors (Lipinski definition) is 3. The van der Waals surface area contributed by atoms with Gasteiger partial charge in [-0.25, -0.2) is 0 Å². The third-order valence-corrected chi connectivity index (χ3v) is 3.28. The maximum absolute atomic E-state index is 8.56. The van der Waals surface area contributed by atoms with Crippen LogP contribution >= 0.6 is 0 Å². The molecule has 0 amide bonds. The molecule has 1 rings (SSSR count). The summed E-state index contributed by atoms with van der Waals surface area (Å²) >= 11 is 0. The number of aliphatic hydroxyl groups excluding tert-OH is 1. The number of ether oxygens (including phenoxy) is 2. The molecule has 0 bridgehead atoms. The molecule has 1 fully saturated rings. The normalized spacial score (nSPS) is 25.2. The highest BCUT2D eigenvalue weighted by atomic mass is 16.5. The molecule has 1 N–H and O–H groups in total. The summed E-state index contributed by atoms with van der Waals surface area (Å²) in [6, 6.07) is 0. The molecule has 3 nitrogen and oxygen atoms in total. The lowest BCUT2D eigenvalue weighted by Gasteiger charge is -2.36. The lowest BCUT2D eigenvalue weighted by molar-refractivity contribution is 0.0430. The van der Waals surface area contributed by atoms with E-state index in [4.69, 9.17) is 14.6 Å². The molecule has 15 heavy (non-hydrogen) atoms. The smallest absolute Gasteiger partial charge is 0.0697 e. The van der Waals surface area contributed by atoms with Gasteiger partial charge in [-0.05, 0) is 44.4 Å². The van der Waals surface area contributed by atoms with Crippen LogP contribution in [0.2, 0.25) is 0 Å². The van der Waals surface area contributed by atoms with Crippen LogP contribution in [0.1, 0.15) is 32.6 Å². The van der Waals surface area contributed by atoms with Crippen LogP contribution in [0.15, 0.2) is 0 Å². The van der Waals surface area contributed by atoms with Crippen molar-refractivity contribution in [2.45, 2.75) is 32.6 Å². The third-order valence-electron chi connectivity index (χ3n) is 3.28. The Bertz CT molecular complexity index is 150. The minimum Gasteiger partial charge on any atom is -0.394 e. The Labute approximate surface area is 92.8 Å². The van der Waals surface area contributed by atoms with Crippen LogP contribution in [0.5, 0.6) is 0 Å². The van der Waals surface area contributed by atoms with Crippen molar-refractivity contribution in [3.63, 3.8) is 0 Å². The summed E-state index contributed by atoms with van der Waals surface area (Å²) in [6.45, 7) is 5.21. The van der Waals surface area contributed by atoms with E-state index in [1.165, 1.54) is 19.3 Å². The van der Waals surface area contributed by atoms with Crippen LogP contribution in [0.4, 0.5) is 0 Å². The first-order valence-electron chi connectivity index (χ1n) is 6.14. The van der Waals surface area contributed by atoms with E-state index in [0.29, 0.717) is 6.61 Å². The fourth-order valence-electron chi connectivity index (χ4n) is 2.18. The summed E-state index contributed by atoms with van der Waals surface area (Å²) in [6.07, 6.45) is 5.06. The quantitative estimate of drug-likeness (QED) is 0.598. The maximum Gasteiger partial charge on any atom is 0.0697 e. The topological polar surface area (TPSA) is 38.7 Å². The van der Waals surface area contributed by atoms with E-state index < -0.39 is 0 Å². The van der Waals surface area contributed by atoms with Crippen molar-refractivity contribution in [1.29, 1.82) is 0 Å². The van der Waals surface area contributed by atoms with Gasteiger partial charge in [0.05, 0.1) is 13.2 Å². The standard InChI is InChI=1S/C12H24O3/c1-2-14-8-5-11-3-4-12(11)6-9-15-10-7-13/h11-13H,2-10H2,1H3/t11-,12?/m0/s1. The molecule has 90 valence electrons. The molecular weight excluding hydrogens is 192 g/mol. The van der Waals surface area contributed by atoms with Gasteiger partial charge in [0.2, 0.25) is 0 Å². The van der Waals surface area contributed by atoms with E-state index in [0.717, 1.165) is 38.1 Å². The molecule has 2 atom stereocenters. The molecule has 0 aliphatic heterocycles. The van der Waals surface area contributed by atoms with Crippen molar-refractivity contribution < 1.29 is 14.6 Å². The molecule has 0 aromatic carbocycles. The Morgan fingerprint density at radius 3 is 2.07 bits per heavy atom. The fourth-order valence-corrected chi connectivity index (χ4v) is 2.18. The predicted molar refractivity (Wildman–Crippen MR) is 59.8 cm³/mol. The summed E-state index contributed by atoms with van der Waals surface area (Å²) < 4.78 is 10.6. The van der Waals surface area contributed by atoms with Crippen LogP contribution in [0.25, 0.3) is 0 Å². The van der Waals surface area contributed by atoms with Crippen LogP contribution in [-0.4, -0.2) is 38.1 Å². The van der Waals surface area contributed by atoms with Gasteiger partial charge >= 0.3 is 0 Å². The van der Waals surface area contributed by atoms with Gasteiger partial charge in [0.15, 0.2) is 0 Å². The van der Waals surface area contributed by atoms with Crippen molar-refractivity contribution in [1.82, 2.24) is 0 Å². The lowest BCUT2D eigenvalue weighted by atomic mass is 9.70. The molecule has 1 aliphatic carbocycles. The molecule has 0 radical (unpaired) electrons. The minimum absolute atomic E-state index is 0.137. The lowest BCUT2D eigenvalue weighted by Crippen LogP contribution is -2.28. The maximum atomic E-state index is 8.56. The second-order valence-corrected chi connectivity index (χ2v) is 4.21. The monoisotopic (exact) mass is 216 g/mol. The first-order valence-corrected chi connectivity index (χ1v) is 6.14. The zero-order valence-electron chi connectivity index (χ0n) is 9.78. The first kappa shape index (κ1) is 12.9. The Kier molecular flexibility index (Phi) is 6.98. The summed E-state index contributed by atoms with van der Waals surface area (Å²) in [4.78, 5) is 0. The SMILES string of the molecule is CCOCC[C@@H]1CCC1CCOCCO.